The highest BCUT2D eigenvalue weighted by molar-refractivity contribution is 8.02. The summed E-state index contributed by atoms with van der Waals surface area (Å²) in [6.45, 7) is 0.248. The van der Waals surface area contributed by atoms with Crippen LogP contribution < -0.4 is 9.80 Å². The molecule has 2 amide bonds. The monoisotopic (exact) mass is 522 g/mol. The van der Waals surface area contributed by atoms with Gasteiger partial charge in [-0.25, -0.2) is 0 Å². The molecule has 0 unspecified atom stereocenters. The van der Waals surface area contributed by atoms with Crippen LogP contribution >= 0.6 is 58.2 Å². The van der Waals surface area contributed by atoms with Gasteiger partial charge in [-0.3, -0.25) is 14.5 Å². The third kappa shape index (κ3) is 3.30. The van der Waals surface area contributed by atoms with Crippen molar-refractivity contribution in [1.82, 2.24) is 0 Å². The molecule has 2 aliphatic heterocycles. The van der Waals surface area contributed by atoms with E-state index in [2.05, 4.69) is 0 Å². The Hall–Kier alpha value is -1.89. The molecule has 3 aromatic rings. The molecule has 3 aromatic carbocycles. The summed E-state index contributed by atoms with van der Waals surface area (Å²) in [4.78, 5) is 29.1. The number of carbonyl (C=O) groups excluding carboxylic acids is 2. The minimum atomic E-state index is -1.23. The molecule has 1 atom stereocenters. The molecular weight excluding hydrogens is 510 g/mol. The Labute approximate surface area is 209 Å². The maximum atomic E-state index is 14.0. The maximum absolute atomic E-state index is 14.0. The summed E-state index contributed by atoms with van der Waals surface area (Å²) in [5, 5.41) is 1.68. The van der Waals surface area contributed by atoms with E-state index in [0.29, 0.717) is 25.8 Å². The van der Waals surface area contributed by atoms with E-state index in [9.17, 15) is 9.59 Å². The third-order valence-corrected chi connectivity index (χ3v) is 8.28. The van der Waals surface area contributed by atoms with Gasteiger partial charge in [0.15, 0.2) is 0 Å². The number of thioether (sulfide) groups is 1. The van der Waals surface area contributed by atoms with Gasteiger partial charge in [-0.15, -0.1) is 11.8 Å². The van der Waals surface area contributed by atoms with E-state index >= 15 is 0 Å². The van der Waals surface area contributed by atoms with Crippen molar-refractivity contribution < 1.29 is 9.59 Å². The number of para-hydroxylation sites is 1. The van der Waals surface area contributed by atoms with Gasteiger partial charge in [0.25, 0.3) is 5.91 Å². The minimum Gasteiger partial charge on any atom is -0.304 e. The predicted molar refractivity (Wildman–Crippen MR) is 132 cm³/mol. The molecule has 4 nitrogen and oxygen atoms in total. The minimum absolute atomic E-state index is 0.163. The lowest BCUT2D eigenvalue weighted by molar-refractivity contribution is -0.123. The smallest absolute Gasteiger partial charge is 0.269 e. The fourth-order valence-corrected chi connectivity index (χ4v) is 6.28. The van der Waals surface area contributed by atoms with Crippen LogP contribution in [0.25, 0.3) is 0 Å². The molecule has 2 heterocycles. The van der Waals surface area contributed by atoms with E-state index in [1.807, 2.05) is 24.3 Å². The molecule has 1 fully saturated rings. The van der Waals surface area contributed by atoms with E-state index < -0.39 is 4.87 Å². The first-order chi connectivity index (χ1) is 15.3. The van der Waals surface area contributed by atoms with Gasteiger partial charge in [0.2, 0.25) is 10.8 Å². The molecule has 1 saturated heterocycles. The average Bonchev–Trinajstić information content (AvgIpc) is 3.23. The van der Waals surface area contributed by atoms with Gasteiger partial charge in [-0.1, -0.05) is 70.7 Å². The summed E-state index contributed by atoms with van der Waals surface area (Å²) >= 11 is 26.1. The second-order valence-corrected chi connectivity index (χ2v) is 10.2. The number of amides is 2. The van der Waals surface area contributed by atoms with E-state index in [1.54, 1.807) is 41.3 Å². The summed E-state index contributed by atoms with van der Waals surface area (Å²) in [5.41, 5.74) is 2.75. The molecule has 0 aromatic heterocycles. The molecule has 9 heteroatoms. The van der Waals surface area contributed by atoms with Crippen LogP contribution in [0.4, 0.5) is 11.4 Å². The first-order valence-electron chi connectivity index (χ1n) is 9.60. The van der Waals surface area contributed by atoms with Crippen molar-refractivity contribution in [1.29, 1.82) is 0 Å². The Bertz CT molecular complexity index is 1280. The molecule has 5 rings (SSSR count). The zero-order valence-electron chi connectivity index (χ0n) is 16.3. The lowest BCUT2D eigenvalue weighted by Crippen LogP contribution is -2.49. The zero-order valence-corrected chi connectivity index (χ0v) is 20.2. The number of rotatable bonds is 3. The number of hydrogen-bond donors (Lipinski definition) is 0. The van der Waals surface area contributed by atoms with Crippen LogP contribution in [0, 0.1) is 0 Å². The van der Waals surface area contributed by atoms with E-state index in [4.69, 9.17) is 46.4 Å². The Morgan fingerprint density at radius 1 is 0.875 bits per heavy atom. The highest BCUT2D eigenvalue weighted by Gasteiger charge is 2.61. The van der Waals surface area contributed by atoms with E-state index in [0.717, 1.165) is 16.8 Å². The number of carbonyl (C=O) groups is 2. The second kappa shape index (κ2) is 8.15. The molecule has 0 bridgehead atoms. The first-order valence-corrected chi connectivity index (χ1v) is 12.1. The predicted octanol–water partition coefficient (Wildman–Crippen LogP) is 6.78. The number of hydrogen-bond acceptors (Lipinski definition) is 3. The van der Waals surface area contributed by atoms with Gasteiger partial charge in [0.1, 0.15) is 0 Å². The second-order valence-electron chi connectivity index (χ2n) is 7.40. The largest absolute Gasteiger partial charge is 0.304 e. The summed E-state index contributed by atoms with van der Waals surface area (Å²) in [7, 11) is 0. The lowest BCUT2D eigenvalue weighted by Gasteiger charge is -2.33. The van der Waals surface area contributed by atoms with Crippen molar-refractivity contribution in [2.45, 2.75) is 11.4 Å². The lowest BCUT2D eigenvalue weighted by atomic mass is 10.0. The van der Waals surface area contributed by atoms with Crippen LogP contribution in [0.3, 0.4) is 0 Å². The number of nitrogens with zero attached hydrogens (tertiary/aromatic N) is 2. The van der Waals surface area contributed by atoms with Crippen molar-refractivity contribution >= 4 is 81.4 Å². The summed E-state index contributed by atoms with van der Waals surface area (Å²) in [6.07, 6.45) is 0. The summed E-state index contributed by atoms with van der Waals surface area (Å²) in [5.74, 6) is -0.231. The number of benzene rings is 3. The maximum Gasteiger partial charge on any atom is 0.269 e. The van der Waals surface area contributed by atoms with Crippen LogP contribution in [-0.4, -0.2) is 17.6 Å². The van der Waals surface area contributed by atoms with Gasteiger partial charge in [-0.2, -0.15) is 0 Å². The number of anilines is 2. The molecule has 0 aliphatic carbocycles. The number of halogens is 4. The Kier molecular flexibility index (Phi) is 5.59. The van der Waals surface area contributed by atoms with Crippen molar-refractivity contribution in [2.24, 2.45) is 0 Å². The van der Waals surface area contributed by atoms with E-state index in [-0.39, 0.29) is 24.1 Å². The molecule has 1 spiro atoms. The normalized spacial score (nSPS) is 19.9. The molecule has 0 radical (unpaired) electrons. The Morgan fingerprint density at radius 3 is 2.41 bits per heavy atom. The molecule has 32 heavy (non-hydrogen) atoms. The standard InChI is InChI=1S/C23H14Cl4N2O2S/c24-14-6-5-13(18(26)9-14)11-28-20-4-2-1-3-16(20)23(22(28)31)29(21(30)12-32-23)15-7-8-17(25)19(27)10-15/h1-10H,11-12H2/t23-/m0/s1. The Balaban J connectivity index is 1.64. The Morgan fingerprint density at radius 2 is 1.66 bits per heavy atom. The van der Waals surface area contributed by atoms with Crippen LogP contribution in [0.5, 0.6) is 0 Å². The molecule has 0 saturated carbocycles. The summed E-state index contributed by atoms with van der Waals surface area (Å²) in [6, 6.07) is 17.6. The van der Waals surface area contributed by atoms with Gasteiger partial charge in [0.05, 0.1) is 28.0 Å². The first kappa shape index (κ1) is 21.9. The average molecular weight is 524 g/mol. The van der Waals surface area contributed by atoms with Gasteiger partial charge >= 0.3 is 0 Å². The van der Waals surface area contributed by atoms with Crippen LogP contribution in [0.1, 0.15) is 11.1 Å². The SMILES string of the molecule is O=C1CS[C@@]2(C(=O)N(Cc3ccc(Cl)cc3Cl)c3ccccc32)N1c1ccc(Cl)c(Cl)c1. The quantitative estimate of drug-likeness (QED) is 0.380. The van der Waals surface area contributed by atoms with Gasteiger partial charge in [0, 0.05) is 21.3 Å². The van der Waals surface area contributed by atoms with Gasteiger partial charge in [-0.05, 0) is 42.0 Å². The van der Waals surface area contributed by atoms with Gasteiger partial charge < -0.3 is 4.90 Å². The highest BCUT2D eigenvalue weighted by Crippen LogP contribution is 2.56. The van der Waals surface area contributed by atoms with Crippen molar-refractivity contribution in [3.63, 3.8) is 0 Å². The van der Waals surface area contributed by atoms with Crippen LogP contribution in [-0.2, 0) is 21.0 Å². The van der Waals surface area contributed by atoms with Crippen LogP contribution in [0.2, 0.25) is 20.1 Å². The van der Waals surface area contributed by atoms with Crippen molar-refractivity contribution in [2.75, 3.05) is 15.6 Å². The summed E-state index contributed by atoms with van der Waals surface area (Å²) < 4.78 is 0. The fourth-order valence-electron chi connectivity index (χ4n) is 4.16. The zero-order chi connectivity index (χ0) is 22.6. The topological polar surface area (TPSA) is 40.6 Å². The molecular formula is C23H14Cl4N2O2S. The number of fused-ring (bicyclic) bond motifs is 2. The van der Waals surface area contributed by atoms with Crippen LogP contribution in [0.15, 0.2) is 60.7 Å². The molecule has 162 valence electrons. The van der Waals surface area contributed by atoms with Crippen molar-refractivity contribution in [3.8, 4) is 0 Å². The molecule has 2 aliphatic rings. The third-order valence-electron chi connectivity index (χ3n) is 5.57. The molecule has 0 N–H and O–H groups in total. The van der Waals surface area contributed by atoms with Crippen molar-refractivity contribution in [3.05, 3.63) is 91.9 Å². The fraction of sp³-hybridized carbons (Fsp3) is 0.130. The van der Waals surface area contributed by atoms with E-state index in [1.165, 1.54) is 16.7 Å². The highest BCUT2D eigenvalue weighted by atomic mass is 35.5.